The Morgan fingerprint density at radius 2 is 2.07 bits per heavy atom. The zero-order valence-corrected chi connectivity index (χ0v) is 16.0. The van der Waals surface area contributed by atoms with Gasteiger partial charge in [-0.25, -0.2) is 0 Å². The number of aromatic amines is 1. The number of nitrogens with one attached hydrogen (secondary N) is 1. The van der Waals surface area contributed by atoms with Crippen LogP contribution in [0.3, 0.4) is 0 Å². The van der Waals surface area contributed by atoms with E-state index in [-0.39, 0.29) is 11.9 Å². The average molecular weight is 381 g/mol. The molecule has 0 saturated carbocycles. The number of amides is 1. The highest BCUT2D eigenvalue weighted by Gasteiger charge is 2.42. The average Bonchev–Trinajstić information content (AvgIpc) is 3.42. The predicted octanol–water partition coefficient (Wildman–Crippen LogP) is 3.65. The Bertz CT molecular complexity index is 931. The summed E-state index contributed by atoms with van der Waals surface area (Å²) >= 11 is 0. The van der Waals surface area contributed by atoms with Crippen LogP contribution in [0.2, 0.25) is 0 Å². The normalized spacial score (nSPS) is 15.9. The van der Waals surface area contributed by atoms with E-state index in [0.29, 0.717) is 31.2 Å². The van der Waals surface area contributed by atoms with E-state index in [1.807, 2.05) is 48.2 Å². The van der Waals surface area contributed by atoms with Gasteiger partial charge in [0.2, 0.25) is 0 Å². The molecule has 146 valence electrons. The molecule has 1 atom stereocenters. The number of carbonyl (C=O) groups excluding carboxylic acids is 1. The number of nitrogens with zero attached hydrogens (tertiary/aromatic N) is 2. The Kier molecular flexibility index (Phi) is 5.16. The van der Waals surface area contributed by atoms with E-state index in [1.54, 1.807) is 13.4 Å². The number of carbonyl (C=O) groups is 1. The van der Waals surface area contributed by atoms with Crippen LogP contribution in [0.5, 0.6) is 5.75 Å². The van der Waals surface area contributed by atoms with Gasteiger partial charge in [0.05, 0.1) is 18.9 Å². The van der Waals surface area contributed by atoms with Crippen molar-refractivity contribution < 1.29 is 18.7 Å². The summed E-state index contributed by atoms with van der Waals surface area (Å²) in [4.78, 5) is 14.9. The van der Waals surface area contributed by atoms with E-state index in [0.717, 1.165) is 29.0 Å². The molecule has 1 aliphatic heterocycles. The summed E-state index contributed by atoms with van der Waals surface area (Å²) in [6.07, 6.45) is 2.36. The van der Waals surface area contributed by atoms with Gasteiger partial charge in [0.25, 0.3) is 5.91 Å². The van der Waals surface area contributed by atoms with E-state index in [4.69, 9.17) is 13.9 Å². The maximum atomic E-state index is 13.1. The van der Waals surface area contributed by atoms with Crippen LogP contribution in [0.25, 0.3) is 11.5 Å². The largest absolute Gasteiger partial charge is 0.494 e. The number of methoxy groups -OCH3 is 1. The van der Waals surface area contributed by atoms with Crippen LogP contribution in [0.4, 0.5) is 0 Å². The summed E-state index contributed by atoms with van der Waals surface area (Å²) in [5.41, 5.74) is 3.04. The maximum Gasteiger partial charge on any atom is 0.275 e. The lowest BCUT2D eigenvalue weighted by atomic mass is 9.98. The number of ether oxygens (including phenoxy) is 2. The van der Waals surface area contributed by atoms with Crippen LogP contribution in [0.1, 0.15) is 41.0 Å². The Balaban J connectivity index is 1.75. The van der Waals surface area contributed by atoms with Gasteiger partial charge in [-0.2, -0.15) is 5.10 Å². The van der Waals surface area contributed by atoms with Crippen molar-refractivity contribution in [2.45, 2.75) is 19.4 Å². The molecule has 0 spiro atoms. The number of aromatic nitrogens is 2. The van der Waals surface area contributed by atoms with Crippen molar-refractivity contribution in [3.8, 4) is 17.2 Å². The molecule has 4 rings (SSSR count). The van der Waals surface area contributed by atoms with Gasteiger partial charge >= 0.3 is 0 Å². The molecule has 3 aromatic rings. The molecule has 7 nitrogen and oxygen atoms in total. The molecule has 3 heterocycles. The predicted molar refractivity (Wildman–Crippen MR) is 103 cm³/mol. The summed E-state index contributed by atoms with van der Waals surface area (Å²) in [6.45, 7) is 3.74. The molecular weight excluding hydrogens is 358 g/mol. The van der Waals surface area contributed by atoms with Gasteiger partial charge in [-0.3, -0.25) is 9.89 Å². The minimum Gasteiger partial charge on any atom is -0.494 e. The first-order valence-electron chi connectivity index (χ1n) is 9.39. The second-order valence-electron chi connectivity index (χ2n) is 6.59. The fraction of sp³-hybridized carbons (Fsp3) is 0.333. The Morgan fingerprint density at radius 3 is 2.75 bits per heavy atom. The Hall–Kier alpha value is -3.06. The van der Waals surface area contributed by atoms with Gasteiger partial charge in [0.15, 0.2) is 11.5 Å². The lowest BCUT2D eigenvalue weighted by molar-refractivity contribution is 0.0723. The number of H-pyrrole nitrogens is 1. The molecule has 1 aliphatic rings. The van der Waals surface area contributed by atoms with Crippen molar-refractivity contribution in [2.75, 3.05) is 26.9 Å². The summed E-state index contributed by atoms with van der Waals surface area (Å²) in [5.74, 6) is 1.38. The maximum absolute atomic E-state index is 13.1. The molecule has 0 bridgehead atoms. The number of fused-ring (bicyclic) bond motifs is 1. The topological polar surface area (TPSA) is 80.6 Å². The van der Waals surface area contributed by atoms with E-state index in [1.165, 1.54) is 0 Å². The third kappa shape index (κ3) is 3.18. The van der Waals surface area contributed by atoms with Gasteiger partial charge < -0.3 is 18.8 Å². The molecule has 1 aromatic carbocycles. The molecule has 1 amide bonds. The molecular formula is C21H23N3O4. The monoisotopic (exact) mass is 381 g/mol. The quantitative estimate of drug-likeness (QED) is 0.603. The highest BCUT2D eigenvalue weighted by Crippen LogP contribution is 2.43. The Labute approximate surface area is 163 Å². The van der Waals surface area contributed by atoms with Gasteiger partial charge in [-0.05, 0) is 43.2 Å². The van der Waals surface area contributed by atoms with Crippen LogP contribution in [0.15, 0.2) is 47.1 Å². The zero-order valence-electron chi connectivity index (χ0n) is 16.0. The van der Waals surface area contributed by atoms with Crippen molar-refractivity contribution in [3.05, 3.63) is 59.5 Å². The number of benzene rings is 1. The summed E-state index contributed by atoms with van der Waals surface area (Å²) < 4.78 is 16.3. The van der Waals surface area contributed by atoms with Crippen LogP contribution in [-0.4, -0.2) is 47.9 Å². The fourth-order valence-corrected chi connectivity index (χ4v) is 3.67. The molecule has 28 heavy (non-hydrogen) atoms. The zero-order chi connectivity index (χ0) is 19.5. The van der Waals surface area contributed by atoms with Crippen LogP contribution >= 0.6 is 0 Å². The van der Waals surface area contributed by atoms with Crippen molar-refractivity contribution >= 4 is 5.91 Å². The number of hydrogen-bond acceptors (Lipinski definition) is 5. The first-order valence-corrected chi connectivity index (χ1v) is 9.39. The molecule has 0 fully saturated rings. The van der Waals surface area contributed by atoms with E-state index in [2.05, 4.69) is 10.2 Å². The summed E-state index contributed by atoms with van der Waals surface area (Å²) in [6, 6.07) is 11.3. The first-order chi connectivity index (χ1) is 13.7. The highest BCUT2D eigenvalue weighted by molar-refractivity contribution is 5.99. The third-order valence-corrected chi connectivity index (χ3v) is 4.87. The number of hydrogen-bond donors (Lipinski definition) is 1. The lowest BCUT2D eigenvalue weighted by Gasteiger charge is -2.26. The van der Waals surface area contributed by atoms with Crippen LogP contribution in [-0.2, 0) is 4.74 Å². The first kappa shape index (κ1) is 18.3. The van der Waals surface area contributed by atoms with Crippen molar-refractivity contribution in [1.29, 1.82) is 0 Å². The van der Waals surface area contributed by atoms with E-state index < -0.39 is 0 Å². The summed E-state index contributed by atoms with van der Waals surface area (Å²) in [7, 11) is 1.66. The van der Waals surface area contributed by atoms with Crippen molar-refractivity contribution in [1.82, 2.24) is 15.1 Å². The molecule has 0 radical (unpaired) electrons. The second kappa shape index (κ2) is 7.90. The van der Waals surface area contributed by atoms with Gasteiger partial charge in [-0.1, -0.05) is 12.1 Å². The molecule has 0 saturated heterocycles. The minimum absolute atomic E-state index is 0.0842. The highest BCUT2D eigenvalue weighted by atomic mass is 16.5. The van der Waals surface area contributed by atoms with E-state index in [9.17, 15) is 4.79 Å². The van der Waals surface area contributed by atoms with E-state index >= 15 is 0 Å². The standard InChI is InChI=1S/C21H23N3O4/c1-3-27-15-9-7-14(8-10-15)20-17-18(16-6-4-13-28-16)22-23-19(17)21(25)24(20)11-5-12-26-2/h4,6-10,13,20H,3,5,11-12H2,1-2H3,(H,22,23). The summed E-state index contributed by atoms with van der Waals surface area (Å²) in [5, 5.41) is 7.29. The molecule has 2 aromatic heterocycles. The van der Waals surface area contributed by atoms with Crippen molar-refractivity contribution in [2.24, 2.45) is 0 Å². The molecule has 1 N–H and O–H groups in total. The number of furan rings is 1. The Morgan fingerprint density at radius 1 is 1.25 bits per heavy atom. The molecule has 0 aliphatic carbocycles. The smallest absolute Gasteiger partial charge is 0.275 e. The second-order valence-corrected chi connectivity index (χ2v) is 6.59. The van der Waals surface area contributed by atoms with Gasteiger partial charge in [-0.15, -0.1) is 0 Å². The lowest BCUT2D eigenvalue weighted by Crippen LogP contribution is -2.31. The fourth-order valence-electron chi connectivity index (χ4n) is 3.67. The third-order valence-electron chi connectivity index (χ3n) is 4.87. The minimum atomic E-state index is -0.242. The molecule has 1 unspecified atom stereocenters. The van der Waals surface area contributed by atoms with Gasteiger partial charge in [0, 0.05) is 25.8 Å². The van der Waals surface area contributed by atoms with Crippen LogP contribution < -0.4 is 4.74 Å². The van der Waals surface area contributed by atoms with Gasteiger partial charge in [0.1, 0.15) is 11.4 Å². The molecule has 7 heteroatoms. The van der Waals surface area contributed by atoms with Crippen LogP contribution in [0, 0.1) is 0 Å². The van der Waals surface area contributed by atoms with Crippen molar-refractivity contribution in [3.63, 3.8) is 0 Å². The number of rotatable bonds is 8. The SMILES string of the molecule is CCOc1ccc(C2c3c(n[nH]c3-c3ccco3)C(=O)N2CCCOC)cc1.